The maximum absolute atomic E-state index is 12.8. The van der Waals surface area contributed by atoms with E-state index >= 15 is 0 Å². The van der Waals surface area contributed by atoms with Gasteiger partial charge < -0.3 is 4.90 Å². The Morgan fingerprint density at radius 1 is 1.07 bits per heavy atom. The average molecular weight is 395 g/mol. The molecule has 0 saturated carbocycles. The van der Waals surface area contributed by atoms with Crippen LogP contribution in [0, 0.1) is 0 Å². The molecule has 4 rings (SSSR count). The molecule has 2 aromatic heterocycles. The van der Waals surface area contributed by atoms with E-state index in [4.69, 9.17) is 0 Å². The van der Waals surface area contributed by atoms with Crippen LogP contribution in [0.4, 0.5) is 0 Å². The zero-order valence-corrected chi connectivity index (χ0v) is 16.3. The van der Waals surface area contributed by atoms with Gasteiger partial charge in [-0.05, 0) is 29.3 Å². The van der Waals surface area contributed by atoms with Crippen LogP contribution in [-0.2, 0) is 12.3 Å². The minimum absolute atomic E-state index is 0.107. The van der Waals surface area contributed by atoms with Crippen molar-refractivity contribution in [3.63, 3.8) is 0 Å². The van der Waals surface area contributed by atoms with Gasteiger partial charge in [0, 0.05) is 56.4 Å². The molecule has 0 atom stereocenters. The fraction of sp³-hybridized carbons (Fsp3) is 0.300. The van der Waals surface area contributed by atoms with E-state index in [1.165, 1.54) is 11.9 Å². The quantitative estimate of drug-likeness (QED) is 0.647. The van der Waals surface area contributed by atoms with Crippen LogP contribution in [0.25, 0.3) is 0 Å². The number of piperazine rings is 1. The van der Waals surface area contributed by atoms with Crippen LogP contribution in [0.3, 0.4) is 0 Å². The highest BCUT2D eigenvalue weighted by Gasteiger charge is 2.22. The number of nitrogens with zero attached hydrogens (tertiary/aromatic N) is 5. The van der Waals surface area contributed by atoms with Gasteiger partial charge in [0.25, 0.3) is 5.91 Å². The number of carbonyl (C=O) groups excluding carboxylic acids is 1. The number of benzene rings is 1. The molecule has 1 saturated heterocycles. The van der Waals surface area contributed by atoms with Crippen molar-refractivity contribution in [2.45, 2.75) is 17.5 Å². The molecular weight excluding hydrogens is 372 g/mol. The first-order chi connectivity index (χ1) is 13.8. The minimum Gasteiger partial charge on any atom is -0.336 e. The summed E-state index contributed by atoms with van der Waals surface area (Å²) in [4.78, 5) is 25.4. The Labute approximate surface area is 168 Å². The number of amides is 1. The summed E-state index contributed by atoms with van der Waals surface area (Å²) in [5.74, 6) is 0.895. The summed E-state index contributed by atoms with van der Waals surface area (Å²) in [6, 6.07) is 11.9. The lowest BCUT2D eigenvalue weighted by Crippen LogP contribution is -2.48. The van der Waals surface area contributed by atoms with E-state index in [9.17, 15) is 4.79 Å². The van der Waals surface area contributed by atoms with E-state index in [0.717, 1.165) is 54.8 Å². The van der Waals surface area contributed by atoms with Crippen molar-refractivity contribution < 1.29 is 4.79 Å². The molecule has 1 N–H and O–H groups in total. The molecule has 1 fully saturated rings. The lowest BCUT2D eigenvalue weighted by Gasteiger charge is -2.34. The van der Waals surface area contributed by atoms with E-state index < -0.39 is 0 Å². The van der Waals surface area contributed by atoms with Gasteiger partial charge in [-0.1, -0.05) is 30.0 Å². The van der Waals surface area contributed by atoms with Crippen LogP contribution >= 0.6 is 11.8 Å². The smallest absolute Gasteiger partial charge is 0.253 e. The van der Waals surface area contributed by atoms with E-state index in [1.54, 1.807) is 18.0 Å². The van der Waals surface area contributed by atoms with E-state index in [-0.39, 0.29) is 5.91 Å². The third-order valence-electron chi connectivity index (χ3n) is 4.76. The summed E-state index contributed by atoms with van der Waals surface area (Å²) in [7, 11) is 0. The number of aromatic amines is 1. The van der Waals surface area contributed by atoms with Gasteiger partial charge >= 0.3 is 0 Å². The molecule has 3 aromatic rings. The maximum atomic E-state index is 12.8. The highest BCUT2D eigenvalue weighted by molar-refractivity contribution is 7.98. The van der Waals surface area contributed by atoms with Crippen molar-refractivity contribution >= 4 is 17.7 Å². The Morgan fingerprint density at radius 2 is 1.89 bits per heavy atom. The van der Waals surface area contributed by atoms with Gasteiger partial charge in [-0.25, -0.2) is 4.98 Å². The van der Waals surface area contributed by atoms with Crippen molar-refractivity contribution in [2.24, 2.45) is 0 Å². The number of thioether (sulfide) groups is 1. The number of rotatable bonds is 6. The van der Waals surface area contributed by atoms with Crippen LogP contribution in [0.2, 0.25) is 0 Å². The highest BCUT2D eigenvalue weighted by atomic mass is 32.2. The van der Waals surface area contributed by atoms with E-state index in [1.807, 2.05) is 41.4 Å². The largest absolute Gasteiger partial charge is 0.336 e. The first-order valence-electron chi connectivity index (χ1n) is 9.25. The second-order valence-corrected chi connectivity index (χ2v) is 7.67. The zero-order chi connectivity index (χ0) is 19.2. The van der Waals surface area contributed by atoms with Gasteiger partial charge in [0.15, 0.2) is 5.16 Å². The number of H-pyrrole nitrogens is 1. The molecule has 0 spiro atoms. The second kappa shape index (κ2) is 8.99. The number of carbonyl (C=O) groups is 1. The van der Waals surface area contributed by atoms with Gasteiger partial charge in [-0.3, -0.25) is 19.8 Å². The van der Waals surface area contributed by atoms with Crippen molar-refractivity contribution in [1.82, 2.24) is 30.0 Å². The first-order valence-corrected chi connectivity index (χ1v) is 10.2. The molecule has 0 radical (unpaired) electrons. The Bertz CT molecular complexity index is 877. The summed E-state index contributed by atoms with van der Waals surface area (Å²) in [6.07, 6.45) is 5.19. The van der Waals surface area contributed by atoms with Gasteiger partial charge in [-0.2, -0.15) is 5.10 Å². The molecule has 7 nitrogen and oxygen atoms in total. The predicted octanol–water partition coefficient (Wildman–Crippen LogP) is 2.45. The third-order valence-corrected chi connectivity index (χ3v) is 5.71. The lowest BCUT2D eigenvalue weighted by atomic mass is 10.1. The van der Waals surface area contributed by atoms with Crippen LogP contribution < -0.4 is 0 Å². The number of pyridine rings is 1. The molecule has 8 heteroatoms. The second-order valence-electron chi connectivity index (χ2n) is 6.71. The molecule has 0 bridgehead atoms. The van der Waals surface area contributed by atoms with Gasteiger partial charge in [0.05, 0.1) is 0 Å². The Kier molecular flexibility index (Phi) is 5.98. The summed E-state index contributed by atoms with van der Waals surface area (Å²) in [5, 5.41) is 7.47. The third kappa shape index (κ3) is 4.76. The van der Waals surface area contributed by atoms with Crippen LogP contribution in [0.5, 0.6) is 0 Å². The molecule has 0 aliphatic carbocycles. The zero-order valence-electron chi connectivity index (χ0n) is 15.5. The monoisotopic (exact) mass is 394 g/mol. The van der Waals surface area contributed by atoms with Crippen molar-refractivity contribution in [3.05, 3.63) is 71.8 Å². The molecule has 1 aliphatic heterocycles. The molecular formula is C20H22N6OS. The Balaban J connectivity index is 1.27. The highest BCUT2D eigenvalue weighted by Crippen LogP contribution is 2.19. The average Bonchev–Trinajstić information content (AvgIpc) is 3.27. The van der Waals surface area contributed by atoms with E-state index in [0.29, 0.717) is 0 Å². The van der Waals surface area contributed by atoms with Crippen molar-refractivity contribution in [3.8, 4) is 0 Å². The molecule has 1 aromatic carbocycles. The Morgan fingerprint density at radius 3 is 2.57 bits per heavy atom. The summed E-state index contributed by atoms with van der Waals surface area (Å²) >= 11 is 1.59. The standard InChI is InChI=1S/C20H22N6OS/c27-19(18-5-3-16(4-6-18)14-28-20-22-15-23-24-20)26-10-8-25(9-11-26)13-17-2-1-7-21-12-17/h1-7,12,15H,8-11,13-14H2,(H,22,23,24). The molecule has 3 heterocycles. The fourth-order valence-corrected chi connectivity index (χ4v) is 3.94. The normalized spacial score (nSPS) is 14.9. The molecule has 1 amide bonds. The van der Waals surface area contributed by atoms with Crippen LogP contribution in [0.1, 0.15) is 21.5 Å². The van der Waals surface area contributed by atoms with Gasteiger partial charge in [0.1, 0.15) is 6.33 Å². The fourth-order valence-electron chi connectivity index (χ4n) is 3.20. The maximum Gasteiger partial charge on any atom is 0.253 e. The number of nitrogens with one attached hydrogen (secondary N) is 1. The van der Waals surface area contributed by atoms with Crippen molar-refractivity contribution in [2.75, 3.05) is 26.2 Å². The topological polar surface area (TPSA) is 78.0 Å². The van der Waals surface area contributed by atoms with Gasteiger partial charge in [0.2, 0.25) is 0 Å². The number of hydrogen-bond acceptors (Lipinski definition) is 6. The van der Waals surface area contributed by atoms with Crippen LogP contribution in [-0.4, -0.2) is 62.1 Å². The molecule has 1 aliphatic rings. The number of aromatic nitrogens is 4. The summed E-state index contributed by atoms with van der Waals surface area (Å²) in [6.45, 7) is 4.15. The van der Waals surface area contributed by atoms with Crippen molar-refractivity contribution in [1.29, 1.82) is 0 Å². The molecule has 144 valence electrons. The predicted molar refractivity (Wildman–Crippen MR) is 108 cm³/mol. The number of hydrogen-bond donors (Lipinski definition) is 1. The summed E-state index contributed by atoms with van der Waals surface area (Å²) in [5.41, 5.74) is 3.11. The Hall–Kier alpha value is -2.71. The minimum atomic E-state index is 0.107. The van der Waals surface area contributed by atoms with Gasteiger partial charge in [-0.15, -0.1) is 0 Å². The molecule has 28 heavy (non-hydrogen) atoms. The SMILES string of the molecule is O=C(c1ccc(CSc2ncn[nH]2)cc1)N1CCN(Cc2cccnc2)CC1. The molecule has 0 unspecified atom stereocenters. The first kappa shape index (κ1) is 18.6. The van der Waals surface area contributed by atoms with E-state index in [2.05, 4.69) is 31.1 Å². The summed E-state index contributed by atoms with van der Waals surface area (Å²) < 4.78 is 0. The lowest BCUT2D eigenvalue weighted by molar-refractivity contribution is 0.0628. The van der Waals surface area contributed by atoms with Crippen LogP contribution in [0.15, 0.2) is 60.3 Å².